The van der Waals surface area contributed by atoms with Gasteiger partial charge in [-0.15, -0.1) is 0 Å². The maximum Gasteiger partial charge on any atom is 0.313 e. The molecule has 0 aliphatic carbocycles. The van der Waals surface area contributed by atoms with Crippen molar-refractivity contribution in [1.82, 2.24) is 10.2 Å². The van der Waals surface area contributed by atoms with Gasteiger partial charge in [-0.05, 0) is 41.0 Å². The molecule has 0 bridgehead atoms. The second kappa shape index (κ2) is 10.1. The molecule has 2 amide bonds. The molecule has 32 heavy (non-hydrogen) atoms. The van der Waals surface area contributed by atoms with Crippen LogP contribution in [0.5, 0.6) is 0 Å². The van der Waals surface area contributed by atoms with Gasteiger partial charge in [0.05, 0.1) is 19.3 Å². The predicted molar refractivity (Wildman–Crippen MR) is 127 cm³/mol. The summed E-state index contributed by atoms with van der Waals surface area (Å²) in [5, 5.41) is 8.30. The number of hydrogen-bond donors (Lipinski definition) is 2. The fourth-order valence-corrected chi connectivity index (χ4v) is 4.23. The standard InChI is InChI=1S/C25H26ClN3O3/c1-17-21(26)10-5-11-22(17)28-25(31)24(30)27-16-23(29-12-14-32-15-13-29)20-9-4-7-18-6-2-3-8-19(18)20/h2-11,23H,12-16H2,1H3,(H,27,30)(H,28,31)/t23-/m0/s1. The molecule has 2 N–H and O–H groups in total. The Kier molecular flexibility index (Phi) is 7.05. The summed E-state index contributed by atoms with van der Waals surface area (Å²) in [6.45, 7) is 4.92. The van der Waals surface area contributed by atoms with Crippen LogP contribution in [0, 0.1) is 6.92 Å². The highest BCUT2D eigenvalue weighted by Crippen LogP contribution is 2.29. The average Bonchev–Trinajstić information content (AvgIpc) is 2.82. The van der Waals surface area contributed by atoms with Gasteiger partial charge in [-0.25, -0.2) is 0 Å². The summed E-state index contributed by atoms with van der Waals surface area (Å²) >= 11 is 6.11. The molecule has 0 unspecified atom stereocenters. The maximum absolute atomic E-state index is 12.6. The van der Waals surface area contributed by atoms with E-state index in [1.807, 2.05) is 18.2 Å². The molecule has 7 heteroatoms. The van der Waals surface area contributed by atoms with Gasteiger partial charge in [-0.2, -0.15) is 0 Å². The van der Waals surface area contributed by atoms with Gasteiger partial charge in [-0.1, -0.05) is 60.1 Å². The van der Waals surface area contributed by atoms with Crippen LogP contribution in [0.15, 0.2) is 60.7 Å². The molecule has 1 heterocycles. The number of fused-ring (bicyclic) bond motifs is 1. The Morgan fingerprint density at radius 1 is 1.00 bits per heavy atom. The maximum atomic E-state index is 12.6. The molecular formula is C25H26ClN3O3. The summed E-state index contributed by atoms with van der Waals surface area (Å²) in [5.41, 5.74) is 2.37. The summed E-state index contributed by atoms with van der Waals surface area (Å²) < 4.78 is 5.52. The van der Waals surface area contributed by atoms with Gasteiger partial charge in [0.15, 0.2) is 0 Å². The Balaban J connectivity index is 1.52. The van der Waals surface area contributed by atoms with Crippen LogP contribution in [0.1, 0.15) is 17.2 Å². The van der Waals surface area contributed by atoms with Crippen molar-refractivity contribution >= 4 is 39.9 Å². The summed E-state index contributed by atoms with van der Waals surface area (Å²) in [7, 11) is 0. The van der Waals surface area contributed by atoms with Gasteiger partial charge < -0.3 is 15.4 Å². The SMILES string of the molecule is Cc1c(Cl)cccc1NC(=O)C(=O)NC[C@@H](c1cccc2ccccc12)N1CCOCC1. The highest BCUT2D eigenvalue weighted by molar-refractivity contribution is 6.40. The Hall–Kier alpha value is -2.93. The number of amides is 2. The number of halogens is 1. The Labute approximate surface area is 192 Å². The van der Waals surface area contributed by atoms with E-state index in [1.165, 1.54) is 0 Å². The van der Waals surface area contributed by atoms with E-state index in [4.69, 9.17) is 16.3 Å². The second-order valence-corrected chi connectivity index (χ2v) is 8.22. The fraction of sp³-hybridized carbons (Fsp3) is 0.280. The van der Waals surface area contributed by atoms with Crippen molar-refractivity contribution in [2.75, 3.05) is 38.2 Å². The fourth-order valence-electron chi connectivity index (χ4n) is 4.06. The van der Waals surface area contributed by atoms with E-state index >= 15 is 0 Å². The molecule has 3 aromatic rings. The minimum atomic E-state index is -0.714. The lowest BCUT2D eigenvalue weighted by atomic mass is 9.97. The molecular weight excluding hydrogens is 426 g/mol. The first kappa shape index (κ1) is 22.3. The highest BCUT2D eigenvalue weighted by atomic mass is 35.5. The van der Waals surface area contributed by atoms with Crippen LogP contribution < -0.4 is 10.6 Å². The quantitative estimate of drug-likeness (QED) is 0.576. The largest absolute Gasteiger partial charge is 0.379 e. The van der Waals surface area contributed by atoms with Gasteiger partial charge in [-0.3, -0.25) is 14.5 Å². The molecule has 6 nitrogen and oxygen atoms in total. The summed E-state index contributed by atoms with van der Waals surface area (Å²) in [4.78, 5) is 27.4. The van der Waals surface area contributed by atoms with E-state index in [1.54, 1.807) is 25.1 Å². The molecule has 1 aliphatic rings. The third-order valence-electron chi connectivity index (χ3n) is 5.85. The van der Waals surface area contributed by atoms with E-state index in [0.717, 1.165) is 35.0 Å². The molecule has 1 aliphatic heterocycles. The Bertz CT molecular complexity index is 1120. The first-order chi connectivity index (χ1) is 15.5. The molecule has 166 valence electrons. The minimum Gasteiger partial charge on any atom is -0.379 e. The Morgan fingerprint density at radius 3 is 2.53 bits per heavy atom. The monoisotopic (exact) mass is 451 g/mol. The highest BCUT2D eigenvalue weighted by Gasteiger charge is 2.26. The minimum absolute atomic E-state index is 0.0744. The van der Waals surface area contributed by atoms with Crippen molar-refractivity contribution in [3.8, 4) is 0 Å². The lowest BCUT2D eigenvalue weighted by Gasteiger charge is -2.35. The van der Waals surface area contributed by atoms with Gasteiger partial charge in [0.1, 0.15) is 0 Å². The second-order valence-electron chi connectivity index (χ2n) is 7.81. The van der Waals surface area contributed by atoms with Crippen LogP contribution in [0.2, 0.25) is 5.02 Å². The van der Waals surface area contributed by atoms with E-state index in [-0.39, 0.29) is 6.04 Å². The predicted octanol–water partition coefficient (Wildman–Crippen LogP) is 3.93. The molecule has 0 radical (unpaired) electrons. The van der Waals surface area contributed by atoms with Crippen molar-refractivity contribution in [2.24, 2.45) is 0 Å². The smallest absolute Gasteiger partial charge is 0.313 e. The van der Waals surface area contributed by atoms with Crippen LogP contribution in [0.4, 0.5) is 5.69 Å². The zero-order valence-corrected chi connectivity index (χ0v) is 18.7. The van der Waals surface area contributed by atoms with Crippen LogP contribution >= 0.6 is 11.6 Å². The number of morpholine rings is 1. The first-order valence-electron chi connectivity index (χ1n) is 10.7. The number of benzene rings is 3. The van der Waals surface area contributed by atoms with Crippen molar-refractivity contribution in [3.63, 3.8) is 0 Å². The number of ether oxygens (including phenoxy) is 1. The van der Waals surface area contributed by atoms with Gasteiger partial charge in [0.2, 0.25) is 0 Å². The van der Waals surface area contributed by atoms with Crippen molar-refractivity contribution in [3.05, 3.63) is 76.8 Å². The molecule has 0 spiro atoms. The molecule has 0 saturated carbocycles. The summed E-state index contributed by atoms with van der Waals surface area (Å²) in [6.07, 6.45) is 0. The zero-order valence-electron chi connectivity index (χ0n) is 17.9. The number of carbonyl (C=O) groups excluding carboxylic acids is 2. The number of nitrogens with one attached hydrogen (secondary N) is 2. The summed E-state index contributed by atoms with van der Waals surface area (Å²) in [5.74, 6) is -1.39. The molecule has 0 aromatic heterocycles. The number of hydrogen-bond acceptors (Lipinski definition) is 4. The third kappa shape index (κ3) is 4.93. The normalized spacial score (nSPS) is 15.3. The van der Waals surface area contributed by atoms with Crippen LogP contribution in [0.25, 0.3) is 10.8 Å². The summed E-state index contributed by atoms with van der Waals surface area (Å²) in [6, 6.07) is 19.5. The number of nitrogens with zero attached hydrogens (tertiary/aromatic N) is 1. The third-order valence-corrected chi connectivity index (χ3v) is 6.26. The number of anilines is 1. The van der Waals surface area contributed by atoms with E-state index in [0.29, 0.717) is 30.5 Å². The van der Waals surface area contributed by atoms with E-state index in [9.17, 15) is 9.59 Å². The molecule has 1 atom stereocenters. The lowest BCUT2D eigenvalue weighted by molar-refractivity contribution is -0.136. The van der Waals surface area contributed by atoms with Crippen LogP contribution in [0.3, 0.4) is 0 Å². The molecule has 1 saturated heterocycles. The van der Waals surface area contributed by atoms with E-state index < -0.39 is 11.8 Å². The van der Waals surface area contributed by atoms with Crippen LogP contribution in [-0.2, 0) is 14.3 Å². The number of rotatable bonds is 5. The van der Waals surface area contributed by atoms with Crippen molar-refractivity contribution in [2.45, 2.75) is 13.0 Å². The lowest BCUT2D eigenvalue weighted by Crippen LogP contribution is -2.45. The topological polar surface area (TPSA) is 70.7 Å². The number of carbonyl (C=O) groups is 2. The van der Waals surface area contributed by atoms with Crippen LogP contribution in [-0.4, -0.2) is 49.6 Å². The van der Waals surface area contributed by atoms with Gasteiger partial charge in [0.25, 0.3) is 0 Å². The molecule has 3 aromatic carbocycles. The zero-order chi connectivity index (χ0) is 22.5. The molecule has 4 rings (SSSR count). The van der Waals surface area contributed by atoms with E-state index in [2.05, 4.69) is 39.8 Å². The first-order valence-corrected chi connectivity index (χ1v) is 11.1. The van der Waals surface area contributed by atoms with Gasteiger partial charge >= 0.3 is 11.8 Å². The van der Waals surface area contributed by atoms with Crippen molar-refractivity contribution < 1.29 is 14.3 Å². The van der Waals surface area contributed by atoms with Crippen molar-refractivity contribution in [1.29, 1.82) is 0 Å². The average molecular weight is 452 g/mol. The Morgan fingerprint density at radius 2 is 1.72 bits per heavy atom. The van der Waals surface area contributed by atoms with Gasteiger partial charge in [0, 0.05) is 30.3 Å². The molecule has 1 fully saturated rings.